The molecule has 1 N–H and O–H groups in total. The Morgan fingerprint density at radius 2 is 1.71 bits per heavy atom. The lowest BCUT2D eigenvalue weighted by atomic mass is 10.2. The molecule has 0 radical (unpaired) electrons. The van der Waals surface area contributed by atoms with E-state index in [-0.39, 0.29) is 5.25 Å². The van der Waals surface area contributed by atoms with Crippen LogP contribution in [0, 0.1) is 0 Å². The van der Waals surface area contributed by atoms with Crippen LogP contribution in [0.2, 0.25) is 5.15 Å². The van der Waals surface area contributed by atoms with Crippen LogP contribution in [-0.4, -0.2) is 106 Å². The summed E-state index contributed by atoms with van der Waals surface area (Å²) in [6, 6.07) is 0. The molecule has 0 amide bonds. The first-order chi connectivity index (χ1) is 13.4. The van der Waals surface area contributed by atoms with Crippen molar-refractivity contribution in [2.75, 3.05) is 72.6 Å². The highest BCUT2D eigenvalue weighted by Gasteiger charge is 2.35. The normalized spacial score (nSPS) is 15.8. The Kier molecular flexibility index (Phi) is 10.1. The fourth-order valence-corrected chi connectivity index (χ4v) is 3.76. The van der Waals surface area contributed by atoms with Gasteiger partial charge in [0.25, 0.3) is 0 Å². The van der Waals surface area contributed by atoms with Gasteiger partial charge in [-0.3, -0.25) is 4.90 Å². The molecule has 1 aromatic heterocycles. The number of sulfone groups is 1. The maximum absolute atomic E-state index is 11.4. The van der Waals surface area contributed by atoms with Crippen LogP contribution in [0.4, 0.5) is 0 Å². The van der Waals surface area contributed by atoms with Crippen LogP contribution >= 0.6 is 11.6 Å². The molecule has 1 aliphatic heterocycles. The SMILES string of the molecule is CNCCOCCOCCOCCn1nnc(CN2CC(S(C)(=O)=O)C2)c1Cl. The summed E-state index contributed by atoms with van der Waals surface area (Å²) in [6.07, 6.45) is 1.27. The Morgan fingerprint density at radius 1 is 1.11 bits per heavy atom. The van der Waals surface area contributed by atoms with Crippen LogP contribution in [0.3, 0.4) is 0 Å². The first-order valence-corrected chi connectivity index (χ1v) is 11.6. The van der Waals surface area contributed by atoms with Crippen molar-refractivity contribution in [1.82, 2.24) is 25.2 Å². The van der Waals surface area contributed by atoms with E-state index in [0.29, 0.717) is 76.7 Å². The molecule has 2 heterocycles. The zero-order chi connectivity index (χ0) is 20.4. The van der Waals surface area contributed by atoms with Gasteiger partial charge in [0.2, 0.25) is 0 Å². The van der Waals surface area contributed by atoms with Gasteiger partial charge in [0.1, 0.15) is 5.69 Å². The van der Waals surface area contributed by atoms with Gasteiger partial charge in [0, 0.05) is 32.4 Å². The van der Waals surface area contributed by atoms with E-state index in [4.69, 9.17) is 25.8 Å². The van der Waals surface area contributed by atoms with Crippen molar-refractivity contribution in [2.45, 2.75) is 18.3 Å². The van der Waals surface area contributed by atoms with Gasteiger partial charge in [-0.25, -0.2) is 13.1 Å². The molecule has 162 valence electrons. The van der Waals surface area contributed by atoms with E-state index in [2.05, 4.69) is 15.6 Å². The molecule has 2 rings (SSSR count). The molecule has 1 fully saturated rings. The standard InChI is InChI=1S/C16H30ClN5O5S/c1-18-3-5-25-7-9-27-10-8-26-6-4-22-16(17)15(19-20-22)13-21-11-14(12-21)28(2,23)24/h14,18H,3-13H2,1-2H3. The van der Waals surface area contributed by atoms with Crippen LogP contribution in [0.15, 0.2) is 0 Å². The number of rotatable bonds is 15. The molecule has 0 bridgehead atoms. The van der Waals surface area contributed by atoms with E-state index in [9.17, 15) is 8.42 Å². The largest absolute Gasteiger partial charge is 0.378 e. The molecule has 0 spiro atoms. The summed E-state index contributed by atoms with van der Waals surface area (Å²) in [6.45, 7) is 6.05. The molecule has 1 saturated heterocycles. The van der Waals surface area contributed by atoms with E-state index < -0.39 is 9.84 Å². The molecule has 0 atom stereocenters. The topological polar surface area (TPSA) is 108 Å². The third kappa shape index (κ3) is 7.90. The predicted molar refractivity (Wildman–Crippen MR) is 105 cm³/mol. The molecule has 28 heavy (non-hydrogen) atoms. The zero-order valence-corrected chi connectivity index (χ0v) is 18.0. The van der Waals surface area contributed by atoms with Gasteiger partial charge in [-0.1, -0.05) is 16.8 Å². The van der Waals surface area contributed by atoms with Crippen LogP contribution in [0.25, 0.3) is 0 Å². The predicted octanol–water partition coefficient (Wildman–Crippen LogP) is -0.570. The molecular weight excluding hydrogens is 410 g/mol. The Labute approximate surface area is 171 Å². The minimum atomic E-state index is -2.98. The van der Waals surface area contributed by atoms with Crippen molar-refractivity contribution in [2.24, 2.45) is 0 Å². The van der Waals surface area contributed by atoms with Gasteiger partial charge in [-0.15, -0.1) is 5.10 Å². The van der Waals surface area contributed by atoms with Crippen LogP contribution in [-0.2, 0) is 37.1 Å². The lowest BCUT2D eigenvalue weighted by Crippen LogP contribution is -2.53. The van der Waals surface area contributed by atoms with Crippen molar-refractivity contribution in [3.05, 3.63) is 10.8 Å². The Balaban J connectivity index is 1.53. The first kappa shape index (κ1) is 23.5. The number of likely N-dealkylation sites (N-methyl/N-ethyl adjacent to an activating group) is 1. The summed E-state index contributed by atoms with van der Waals surface area (Å²) in [5.74, 6) is 0. The first-order valence-electron chi connectivity index (χ1n) is 9.28. The average molecular weight is 440 g/mol. The number of ether oxygens (including phenoxy) is 3. The van der Waals surface area contributed by atoms with Gasteiger partial charge in [0.15, 0.2) is 15.0 Å². The number of nitrogens with zero attached hydrogens (tertiary/aromatic N) is 4. The summed E-state index contributed by atoms with van der Waals surface area (Å²) in [7, 11) is -1.10. The maximum atomic E-state index is 11.4. The van der Waals surface area contributed by atoms with Gasteiger partial charge < -0.3 is 19.5 Å². The Bertz CT molecular complexity index is 681. The summed E-state index contributed by atoms with van der Waals surface area (Å²) >= 11 is 6.30. The monoisotopic (exact) mass is 439 g/mol. The second kappa shape index (κ2) is 12.0. The van der Waals surface area contributed by atoms with Crippen molar-refractivity contribution in [3.63, 3.8) is 0 Å². The average Bonchev–Trinajstić information content (AvgIpc) is 2.94. The van der Waals surface area contributed by atoms with Crippen LogP contribution < -0.4 is 5.32 Å². The highest BCUT2D eigenvalue weighted by atomic mass is 35.5. The molecular formula is C16H30ClN5O5S. The van der Waals surface area contributed by atoms with E-state index in [1.807, 2.05) is 11.9 Å². The smallest absolute Gasteiger partial charge is 0.152 e. The van der Waals surface area contributed by atoms with E-state index >= 15 is 0 Å². The number of nitrogens with one attached hydrogen (secondary N) is 1. The van der Waals surface area contributed by atoms with Crippen molar-refractivity contribution >= 4 is 21.4 Å². The highest BCUT2D eigenvalue weighted by molar-refractivity contribution is 7.91. The highest BCUT2D eigenvalue weighted by Crippen LogP contribution is 2.21. The van der Waals surface area contributed by atoms with E-state index in [1.165, 1.54) is 6.26 Å². The van der Waals surface area contributed by atoms with Gasteiger partial charge in [-0.2, -0.15) is 0 Å². The molecule has 1 aliphatic rings. The lowest BCUT2D eigenvalue weighted by Gasteiger charge is -2.37. The molecule has 12 heteroatoms. The zero-order valence-electron chi connectivity index (χ0n) is 16.5. The molecule has 0 saturated carbocycles. The van der Waals surface area contributed by atoms with Gasteiger partial charge >= 0.3 is 0 Å². The Hall–Kier alpha value is -0.820. The molecule has 0 unspecified atom stereocenters. The Morgan fingerprint density at radius 3 is 2.32 bits per heavy atom. The van der Waals surface area contributed by atoms with E-state index in [1.54, 1.807) is 4.68 Å². The van der Waals surface area contributed by atoms with Crippen molar-refractivity contribution in [3.8, 4) is 0 Å². The third-order valence-corrected chi connectivity index (χ3v) is 6.25. The second-order valence-corrected chi connectivity index (χ2v) is 9.32. The maximum Gasteiger partial charge on any atom is 0.152 e. The number of hydrogen-bond donors (Lipinski definition) is 1. The summed E-state index contributed by atoms with van der Waals surface area (Å²) in [4.78, 5) is 1.99. The van der Waals surface area contributed by atoms with Gasteiger partial charge in [0.05, 0.1) is 51.4 Å². The van der Waals surface area contributed by atoms with Crippen molar-refractivity contribution in [1.29, 1.82) is 0 Å². The fourth-order valence-electron chi connectivity index (χ4n) is 2.58. The molecule has 10 nitrogen and oxygen atoms in total. The minimum Gasteiger partial charge on any atom is -0.378 e. The number of aromatic nitrogens is 3. The van der Waals surface area contributed by atoms with Crippen LogP contribution in [0.1, 0.15) is 5.69 Å². The minimum absolute atomic E-state index is 0.295. The lowest BCUT2D eigenvalue weighted by molar-refractivity contribution is 0.0135. The summed E-state index contributed by atoms with van der Waals surface area (Å²) in [5, 5.41) is 11.3. The molecule has 0 aliphatic carbocycles. The molecule has 0 aromatic carbocycles. The van der Waals surface area contributed by atoms with Gasteiger partial charge in [-0.05, 0) is 7.05 Å². The van der Waals surface area contributed by atoms with Crippen LogP contribution in [0.5, 0.6) is 0 Å². The number of halogens is 1. The van der Waals surface area contributed by atoms with Crippen molar-refractivity contribution < 1.29 is 22.6 Å². The fraction of sp³-hybridized carbons (Fsp3) is 0.875. The van der Waals surface area contributed by atoms with E-state index in [0.717, 1.165) is 6.54 Å². The quantitative estimate of drug-likeness (QED) is 0.359. The summed E-state index contributed by atoms with van der Waals surface area (Å²) < 4.78 is 40.7. The third-order valence-electron chi connectivity index (χ3n) is 4.33. The second-order valence-electron chi connectivity index (χ2n) is 6.64. The number of hydrogen-bond acceptors (Lipinski definition) is 9. The molecule has 1 aromatic rings. The summed E-state index contributed by atoms with van der Waals surface area (Å²) in [5.41, 5.74) is 0.648. The number of likely N-dealkylation sites (tertiary alicyclic amines) is 1.